The Balaban J connectivity index is 1.55. The average molecular weight is 422 g/mol. The summed E-state index contributed by atoms with van der Waals surface area (Å²) in [6, 6.07) is 6.17. The molecule has 0 saturated carbocycles. The normalized spacial score (nSPS) is 24.9. The molecule has 0 bridgehead atoms. The molecule has 2 atom stereocenters. The van der Waals surface area contributed by atoms with Crippen molar-refractivity contribution in [3.63, 3.8) is 0 Å². The molecule has 164 valence electrons. The van der Waals surface area contributed by atoms with Crippen LogP contribution in [0.25, 0.3) is 10.9 Å². The molecule has 1 aromatic carbocycles. The molecule has 30 heavy (non-hydrogen) atoms. The Bertz CT molecular complexity index is 880. The lowest BCUT2D eigenvalue weighted by molar-refractivity contribution is -0.136. The van der Waals surface area contributed by atoms with Gasteiger partial charge in [0, 0.05) is 43.6 Å². The maximum atomic E-state index is 13.4. The molecule has 2 saturated heterocycles. The number of alkyl halides is 3. The van der Waals surface area contributed by atoms with Gasteiger partial charge in [-0.05, 0) is 68.2 Å². The number of piperidine rings is 1. The Morgan fingerprint density at radius 1 is 1.20 bits per heavy atom. The maximum Gasteiger partial charge on any atom is 0.418 e. The fourth-order valence-electron chi connectivity index (χ4n) is 5.02. The molecule has 0 amide bonds. The van der Waals surface area contributed by atoms with Gasteiger partial charge in [0.1, 0.15) is 0 Å². The SMILES string of the molecule is C[C@H]1C[C@@H](CCC2(O)CCOCC2)CN(c2ccc(C(F)(F)F)c3ncccc23)C1. The van der Waals surface area contributed by atoms with Gasteiger partial charge in [-0.3, -0.25) is 4.98 Å². The number of rotatable bonds is 4. The van der Waals surface area contributed by atoms with Gasteiger partial charge < -0.3 is 14.7 Å². The van der Waals surface area contributed by atoms with Crippen molar-refractivity contribution >= 4 is 16.6 Å². The van der Waals surface area contributed by atoms with E-state index >= 15 is 0 Å². The second-order valence-corrected chi connectivity index (χ2v) is 9.02. The minimum absolute atomic E-state index is 0.00814. The molecule has 1 aromatic heterocycles. The zero-order chi connectivity index (χ0) is 21.4. The first-order valence-electron chi connectivity index (χ1n) is 10.8. The third-order valence-electron chi connectivity index (χ3n) is 6.58. The van der Waals surface area contributed by atoms with Crippen LogP contribution in [0.4, 0.5) is 18.9 Å². The van der Waals surface area contributed by atoms with E-state index in [1.54, 1.807) is 18.2 Å². The van der Waals surface area contributed by atoms with Crippen LogP contribution in [0.5, 0.6) is 0 Å². The van der Waals surface area contributed by atoms with Crippen LogP contribution in [-0.4, -0.2) is 42.0 Å². The summed E-state index contributed by atoms with van der Waals surface area (Å²) in [7, 11) is 0. The number of fused-ring (bicyclic) bond motifs is 1. The summed E-state index contributed by atoms with van der Waals surface area (Å²) in [6.07, 6.45) is 1.06. The van der Waals surface area contributed by atoms with E-state index in [9.17, 15) is 18.3 Å². The van der Waals surface area contributed by atoms with Crippen molar-refractivity contribution in [3.8, 4) is 0 Å². The zero-order valence-electron chi connectivity index (χ0n) is 17.3. The van der Waals surface area contributed by atoms with E-state index in [2.05, 4.69) is 16.8 Å². The molecule has 4 nitrogen and oxygen atoms in total. The average Bonchev–Trinajstić information content (AvgIpc) is 2.71. The Hall–Kier alpha value is -1.86. The lowest BCUT2D eigenvalue weighted by Crippen LogP contribution is -2.41. The van der Waals surface area contributed by atoms with Crippen molar-refractivity contribution in [3.05, 3.63) is 36.0 Å². The summed E-state index contributed by atoms with van der Waals surface area (Å²) in [4.78, 5) is 6.26. The second-order valence-electron chi connectivity index (χ2n) is 9.02. The summed E-state index contributed by atoms with van der Waals surface area (Å²) in [5, 5.41) is 11.3. The number of hydrogen-bond acceptors (Lipinski definition) is 4. The van der Waals surface area contributed by atoms with Crippen LogP contribution in [0.1, 0.15) is 44.6 Å². The van der Waals surface area contributed by atoms with Crippen LogP contribution in [0.2, 0.25) is 0 Å². The highest BCUT2D eigenvalue weighted by molar-refractivity contribution is 5.94. The number of nitrogens with zero attached hydrogens (tertiary/aromatic N) is 2. The van der Waals surface area contributed by atoms with Crippen molar-refractivity contribution < 1.29 is 23.0 Å². The highest BCUT2D eigenvalue weighted by atomic mass is 19.4. The molecule has 0 spiro atoms. The molecule has 3 heterocycles. The smallest absolute Gasteiger partial charge is 0.390 e. The van der Waals surface area contributed by atoms with Crippen molar-refractivity contribution in [2.75, 3.05) is 31.2 Å². The molecule has 2 fully saturated rings. The summed E-state index contributed by atoms with van der Waals surface area (Å²) in [6.45, 7) is 4.99. The molecule has 7 heteroatoms. The number of ether oxygens (including phenoxy) is 1. The van der Waals surface area contributed by atoms with Gasteiger partial charge in [0.05, 0.1) is 16.7 Å². The second kappa shape index (κ2) is 8.35. The van der Waals surface area contributed by atoms with Crippen molar-refractivity contribution in [1.29, 1.82) is 0 Å². The number of aliphatic hydroxyl groups is 1. The first-order valence-corrected chi connectivity index (χ1v) is 10.8. The monoisotopic (exact) mass is 422 g/mol. The van der Waals surface area contributed by atoms with Gasteiger partial charge in [0.25, 0.3) is 0 Å². The topological polar surface area (TPSA) is 45.6 Å². The molecule has 0 unspecified atom stereocenters. The van der Waals surface area contributed by atoms with E-state index in [0.717, 1.165) is 44.1 Å². The number of halogens is 3. The number of benzene rings is 1. The van der Waals surface area contributed by atoms with Crippen molar-refractivity contribution in [2.45, 2.75) is 50.8 Å². The molecule has 0 aliphatic carbocycles. The number of anilines is 1. The van der Waals surface area contributed by atoms with E-state index in [0.29, 0.717) is 43.3 Å². The number of hydrogen-bond donors (Lipinski definition) is 1. The molecular weight excluding hydrogens is 393 g/mol. The molecule has 2 aromatic rings. The van der Waals surface area contributed by atoms with Crippen LogP contribution in [0.15, 0.2) is 30.5 Å². The fraction of sp³-hybridized carbons (Fsp3) is 0.609. The van der Waals surface area contributed by atoms with Gasteiger partial charge in [-0.15, -0.1) is 0 Å². The highest BCUT2D eigenvalue weighted by Gasteiger charge is 2.35. The summed E-state index contributed by atoms with van der Waals surface area (Å²) < 4.78 is 45.7. The van der Waals surface area contributed by atoms with Crippen LogP contribution in [0, 0.1) is 11.8 Å². The molecule has 2 aliphatic rings. The largest absolute Gasteiger partial charge is 0.418 e. The van der Waals surface area contributed by atoms with Crippen LogP contribution >= 0.6 is 0 Å². The summed E-state index contributed by atoms with van der Waals surface area (Å²) >= 11 is 0. The third-order valence-corrected chi connectivity index (χ3v) is 6.58. The zero-order valence-corrected chi connectivity index (χ0v) is 17.3. The maximum absolute atomic E-state index is 13.4. The first kappa shape index (κ1) is 21.4. The first-order chi connectivity index (χ1) is 14.3. The Labute approximate surface area is 175 Å². The standard InChI is InChI=1S/C23H29F3N2O2/c1-16-13-17(6-7-22(29)8-11-30-12-9-22)15-28(14-16)20-5-4-19(23(24,25)26)21-18(20)3-2-10-27-21/h2-5,10,16-17,29H,6-9,11-15H2,1H3/t16-,17+/m0/s1. The van der Waals surface area contributed by atoms with Gasteiger partial charge in [0.2, 0.25) is 0 Å². The lowest BCUT2D eigenvalue weighted by Gasteiger charge is -2.40. The van der Waals surface area contributed by atoms with Crippen LogP contribution in [0.3, 0.4) is 0 Å². The van der Waals surface area contributed by atoms with Crippen molar-refractivity contribution in [2.24, 2.45) is 11.8 Å². The van der Waals surface area contributed by atoms with Gasteiger partial charge in [0.15, 0.2) is 0 Å². The summed E-state index contributed by atoms with van der Waals surface area (Å²) in [5.74, 6) is 0.830. The van der Waals surface area contributed by atoms with Crippen LogP contribution in [-0.2, 0) is 10.9 Å². The van der Waals surface area contributed by atoms with E-state index < -0.39 is 17.3 Å². The van der Waals surface area contributed by atoms with E-state index in [-0.39, 0.29) is 5.52 Å². The Morgan fingerprint density at radius 2 is 1.97 bits per heavy atom. The minimum Gasteiger partial charge on any atom is -0.390 e. The highest BCUT2D eigenvalue weighted by Crippen LogP contribution is 2.40. The van der Waals surface area contributed by atoms with E-state index in [1.165, 1.54) is 6.20 Å². The van der Waals surface area contributed by atoms with Gasteiger partial charge in [-0.25, -0.2) is 0 Å². The lowest BCUT2D eigenvalue weighted by atomic mass is 9.81. The number of pyridine rings is 1. The van der Waals surface area contributed by atoms with Gasteiger partial charge in [-0.1, -0.05) is 6.92 Å². The summed E-state index contributed by atoms with van der Waals surface area (Å²) in [5.41, 5.74) is -0.513. The molecular formula is C23H29F3N2O2. The van der Waals surface area contributed by atoms with Crippen molar-refractivity contribution in [1.82, 2.24) is 4.98 Å². The quantitative estimate of drug-likeness (QED) is 0.750. The van der Waals surface area contributed by atoms with Gasteiger partial charge in [-0.2, -0.15) is 13.2 Å². The molecule has 2 aliphatic heterocycles. The van der Waals surface area contributed by atoms with E-state index in [4.69, 9.17) is 4.74 Å². The predicted octanol–water partition coefficient (Wildman–Crippen LogP) is 5.04. The molecule has 4 rings (SSSR count). The van der Waals surface area contributed by atoms with E-state index in [1.807, 2.05) is 0 Å². The minimum atomic E-state index is -4.43. The predicted molar refractivity (Wildman–Crippen MR) is 110 cm³/mol. The number of aromatic nitrogens is 1. The Morgan fingerprint density at radius 3 is 2.70 bits per heavy atom. The van der Waals surface area contributed by atoms with Gasteiger partial charge >= 0.3 is 6.18 Å². The van der Waals surface area contributed by atoms with Crippen LogP contribution < -0.4 is 4.90 Å². The Kier molecular flexibility index (Phi) is 5.95. The molecule has 0 radical (unpaired) electrons. The molecule has 1 N–H and O–H groups in total. The fourth-order valence-corrected chi connectivity index (χ4v) is 5.02. The third kappa shape index (κ3) is 4.57.